The van der Waals surface area contributed by atoms with Gasteiger partial charge >= 0.3 is 12.3 Å². The van der Waals surface area contributed by atoms with Crippen molar-refractivity contribution in [3.8, 4) is 5.75 Å². The van der Waals surface area contributed by atoms with Gasteiger partial charge in [0.15, 0.2) is 0 Å². The number of aromatic amines is 1. The second-order valence-electron chi connectivity index (χ2n) is 7.97. The Balaban J connectivity index is 1.45. The summed E-state index contributed by atoms with van der Waals surface area (Å²) in [6, 6.07) is 7.56. The molecule has 0 bridgehead atoms. The minimum atomic E-state index is -4.56. The number of nitrogens with zero attached hydrogens (tertiary/aromatic N) is 3. The van der Waals surface area contributed by atoms with Crippen LogP contribution in [0, 0.1) is 0 Å². The van der Waals surface area contributed by atoms with Gasteiger partial charge in [0.2, 0.25) is 0 Å². The average molecular weight is 467 g/mol. The monoisotopic (exact) mass is 467 g/mol. The van der Waals surface area contributed by atoms with Crippen molar-refractivity contribution in [2.24, 2.45) is 0 Å². The van der Waals surface area contributed by atoms with Gasteiger partial charge in [0.1, 0.15) is 35.8 Å². The van der Waals surface area contributed by atoms with Gasteiger partial charge in [-0.05, 0) is 12.1 Å². The van der Waals surface area contributed by atoms with E-state index in [2.05, 4.69) is 20.3 Å². The van der Waals surface area contributed by atoms with Crippen molar-refractivity contribution in [3.63, 3.8) is 0 Å². The topological polar surface area (TPSA) is 136 Å². The number of H-pyrrole nitrogens is 1. The van der Waals surface area contributed by atoms with Crippen molar-refractivity contribution in [2.75, 3.05) is 25.0 Å². The zero-order valence-electron chi connectivity index (χ0n) is 17.0. The lowest BCUT2D eigenvalue weighted by Gasteiger charge is -2.48. The minimum Gasteiger partial charge on any atom is -0.491 e. The van der Waals surface area contributed by atoms with Crippen molar-refractivity contribution in [1.29, 1.82) is 0 Å². The molecule has 0 amide bonds. The number of aromatic nitrogens is 3. The molecular formula is C20H20F3N5O5. The summed E-state index contributed by atoms with van der Waals surface area (Å²) in [5.41, 5.74) is -0.0789. The molecule has 13 heteroatoms. The molecule has 1 fully saturated rings. The van der Waals surface area contributed by atoms with Crippen LogP contribution >= 0.6 is 0 Å². The van der Waals surface area contributed by atoms with Crippen molar-refractivity contribution >= 4 is 16.9 Å². The number of anilines is 1. The first kappa shape index (κ1) is 21.9. The Morgan fingerprint density at radius 1 is 1.15 bits per heavy atom. The normalized spacial score (nSPS) is 22.0. The third-order valence-electron chi connectivity index (χ3n) is 5.74. The summed E-state index contributed by atoms with van der Waals surface area (Å²) in [5, 5.41) is 30.5. The van der Waals surface area contributed by atoms with Crippen LogP contribution in [-0.2, 0) is 10.9 Å². The number of benzene rings is 1. The number of likely N-dealkylation sites (tertiary alicyclic amines) is 1. The fourth-order valence-corrected chi connectivity index (χ4v) is 4.23. The van der Waals surface area contributed by atoms with Gasteiger partial charge in [0.05, 0.1) is 23.6 Å². The Morgan fingerprint density at radius 3 is 2.64 bits per heavy atom. The van der Waals surface area contributed by atoms with Gasteiger partial charge in [-0.15, -0.1) is 0 Å². The first-order valence-electron chi connectivity index (χ1n) is 10.1. The molecule has 2 atom stereocenters. The number of rotatable bonds is 5. The zero-order chi connectivity index (χ0) is 23.4. The molecular weight excluding hydrogens is 447 g/mol. The zero-order valence-corrected chi connectivity index (χ0v) is 17.0. The van der Waals surface area contributed by atoms with Gasteiger partial charge in [0, 0.05) is 18.7 Å². The van der Waals surface area contributed by atoms with Crippen molar-refractivity contribution < 1.29 is 38.0 Å². The first-order chi connectivity index (χ1) is 15.6. The van der Waals surface area contributed by atoms with Crippen molar-refractivity contribution in [1.82, 2.24) is 19.9 Å². The highest BCUT2D eigenvalue weighted by molar-refractivity contribution is 5.88. The molecule has 2 unspecified atom stereocenters. The fraction of sp³-hybridized carbons (Fsp3) is 0.400. The highest BCUT2D eigenvalue weighted by atomic mass is 19.4. The van der Waals surface area contributed by atoms with Gasteiger partial charge in [-0.3, -0.25) is 9.64 Å². The molecule has 1 saturated heterocycles. The SMILES string of the molecule is OC(O)(O)OC1CN(C2COc3ccccc3C2Nc2ncnc3[nH]c(C(F)(F)F)cc23)C1. The Labute approximate surface area is 184 Å². The molecule has 0 saturated carbocycles. The summed E-state index contributed by atoms with van der Waals surface area (Å²) in [4.78, 5) is 12.3. The highest BCUT2D eigenvalue weighted by Crippen LogP contribution is 2.39. The number of alkyl halides is 3. The third-order valence-corrected chi connectivity index (χ3v) is 5.74. The van der Waals surface area contributed by atoms with Gasteiger partial charge < -0.3 is 30.4 Å². The third kappa shape index (κ3) is 4.32. The lowest BCUT2D eigenvalue weighted by Crippen LogP contribution is -2.62. The Kier molecular flexibility index (Phi) is 5.17. The Morgan fingerprint density at radius 2 is 1.91 bits per heavy atom. The number of ether oxygens (including phenoxy) is 2. The maximum atomic E-state index is 13.2. The number of para-hydroxylation sites is 1. The molecule has 1 aromatic carbocycles. The first-order valence-corrected chi connectivity index (χ1v) is 10.1. The lowest BCUT2D eigenvalue weighted by molar-refractivity contribution is -0.472. The summed E-state index contributed by atoms with van der Waals surface area (Å²) in [6.45, 7) is 0.817. The quantitative estimate of drug-likeness (QED) is 0.351. The molecule has 2 aliphatic heterocycles. The maximum Gasteiger partial charge on any atom is 0.431 e. The Bertz CT molecular complexity index is 1160. The highest BCUT2D eigenvalue weighted by Gasteiger charge is 2.43. The molecule has 0 aliphatic carbocycles. The fourth-order valence-electron chi connectivity index (χ4n) is 4.23. The van der Waals surface area contributed by atoms with Gasteiger partial charge in [-0.25, -0.2) is 9.97 Å². The van der Waals surface area contributed by atoms with E-state index < -0.39 is 30.2 Å². The summed E-state index contributed by atoms with van der Waals surface area (Å²) >= 11 is 0. The van der Waals surface area contributed by atoms with Gasteiger partial charge in [0.25, 0.3) is 0 Å². The number of hydrogen-bond acceptors (Lipinski definition) is 9. The second kappa shape index (κ2) is 7.81. The lowest BCUT2D eigenvalue weighted by atomic mass is 9.92. The molecule has 2 aliphatic rings. The molecule has 0 spiro atoms. The summed E-state index contributed by atoms with van der Waals surface area (Å²) in [6.07, 6.45) is -7.22. The molecule has 5 N–H and O–H groups in total. The molecule has 10 nitrogen and oxygen atoms in total. The minimum absolute atomic E-state index is 0.0549. The van der Waals surface area contributed by atoms with Crippen LogP contribution in [0.25, 0.3) is 11.0 Å². The molecule has 176 valence electrons. The number of aliphatic hydroxyl groups is 3. The van der Waals surface area contributed by atoms with E-state index in [9.17, 15) is 13.2 Å². The van der Waals surface area contributed by atoms with E-state index in [0.29, 0.717) is 5.75 Å². The maximum absolute atomic E-state index is 13.2. The Hall–Kier alpha value is -2.97. The van der Waals surface area contributed by atoms with Crippen LogP contribution in [0.15, 0.2) is 36.7 Å². The molecule has 0 radical (unpaired) electrons. The molecule has 33 heavy (non-hydrogen) atoms. The summed E-state index contributed by atoms with van der Waals surface area (Å²) in [7, 11) is 0. The van der Waals surface area contributed by atoms with Gasteiger partial charge in [-0.1, -0.05) is 18.2 Å². The van der Waals surface area contributed by atoms with E-state index in [1.54, 1.807) is 6.07 Å². The van der Waals surface area contributed by atoms with E-state index in [-0.39, 0.29) is 42.6 Å². The van der Waals surface area contributed by atoms with Crippen LogP contribution in [0.5, 0.6) is 5.75 Å². The van der Waals surface area contributed by atoms with E-state index in [4.69, 9.17) is 24.8 Å². The predicted molar refractivity (Wildman–Crippen MR) is 107 cm³/mol. The van der Waals surface area contributed by atoms with Crippen LogP contribution in [0.3, 0.4) is 0 Å². The smallest absolute Gasteiger partial charge is 0.431 e. The van der Waals surface area contributed by atoms with E-state index in [0.717, 1.165) is 11.6 Å². The van der Waals surface area contributed by atoms with E-state index in [1.165, 1.54) is 6.33 Å². The largest absolute Gasteiger partial charge is 0.491 e. The number of hydrogen-bond donors (Lipinski definition) is 5. The molecule has 2 aromatic heterocycles. The molecule has 5 rings (SSSR count). The standard InChI is InChI=1S/C20H20F3N5O5/c21-19(22,23)15-5-12-17(26-15)24-9-25-18(12)27-16-11-3-1-2-4-14(11)32-8-13(16)28-6-10(7-28)33-20(29,30)31/h1-5,9-10,13,16,29-31H,6-8H2,(H2,24,25,26,27). The summed E-state index contributed by atoms with van der Waals surface area (Å²) in [5.74, 6) is 0.863. The number of nitrogens with one attached hydrogen (secondary N) is 2. The number of fused-ring (bicyclic) bond motifs is 2. The van der Waals surface area contributed by atoms with Crippen LogP contribution in [0.2, 0.25) is 0 Å². The van der Waals surface area contributed by atoms with Crippen LogP contribution in [-0.4, -0.2) is 73.2 Å². The molecule has 3 aromatic rings. The average Bonchev–Trinajstić information content (AvgIpc) is 3.16. The van der Waals surface area contributed by atoms with E-state index in [1.807, 2.05) is 23.1 Å². The second-order valence-corrected chi connectivity index (χ2v) is 7.97. The van der Waals surface area contributed by atoms with Crippen molar-refractivity contribution in [2.45, 2.75) is 30.5 Å². The predicted octanol–water partition coefficient (Wildman–Crippen LogP) is 1.18. The number of halogens is 3. The molecule has 4 heterocycles. The summed E-state index contributed by atoms with van der Waals surface area (Å²) < 4.78 is 50.2. The van der Waals surface area contributed by atoms with Gasteiger partial charge in [-0.2, -0.15) is 13.2 Å². The van der Waals surface area contributed by atoms with Crippen LogP contribution in [0.1, 0.15) is 17.3 Å². The van der Waals surface area contributed by atoms with Crippen LogP contribution < -0.4 is 10.1 Å². The van der Waals surface area contributed by atoms with E-state index >= 15 is 0 Å². The van der Waals surface area contributed by atoms with Crippen LogP contribution in [0.4, 0.5) is 19.0 Å². The van der Waals surface area contributed by atoms with Crippen molar-refractivity contribution in [3.05, 3.63) is 47.9 Å².